The fraction of sp³-hybridized carbons (Fsp3) is 1.00. The minimum Gasteiger partial charge on any atom is -0.375 e. The molecular formula is C7H14O. The molecular weight excluding hydrogens is 100 g/mol. The molecule has 0 radical (unpaired) electrons. The van der Waals surface area contributed by atoms with Crippen LogP contribution in [0.1, 0.15) is 27.2 Å². The third-order valence-corrected chi connectivity index (χ3v) is 2.21. The van der Waals surface area contributed by atoms with Gasteiger partial charge in [0.15, 0.2) is 0 Å². The standard InChI is InChI=1S/C7H14O/c1-6-4-5-8-7(6,2)3/h6H,4-5H2,1-3H3/t6-/m0/s1. The quantitative estimate of drug-likeness (QED) is 0.466. The van der Waals surface area contributed by atoms with E-state index in [4.69, 9.17) is 4.74 Å². The van der Waals surface area contributed by atoms with Gasteiger partial charge in [0.2, 0.25) is 0 Å². The largest absolute Gasteiger partial charge is 0.375 e. The van der Waals surface area contributed by atoms with Crippen LogP contribution < -0.4 is 0 Å². The van der Waals surface area contributed by atoms with Crippen molar-refractivity contribution in [3.8, 4) is 0 Å². The lowest BCUT2D eigenvalue weighted by molar-refractivity contribution is 0.0153. The van der Waals surface area contributed by atoms with Crippen molar-refractivity contribution in [2.24, 2.45) is 5.92 Å². The monoisotopic (exact) mass is 114 g/mol. The summed E-state index contributed by atoms with van der Waals surface area (Å²) in [6.45, 7) is 7.51. The predicted octanol–water partition coefficient (Wildman–Crippen LogP) is 1.82. The van der Waals surface area contributed by atoms with Gasteiger partial charge in [-0.25, -0.2) is 0 Å². The summed E-state index contributed by atoms with van der Waals surface area (Å²) in [5.41, 5.74) is 0.153. The lowest BCUT2D eigenvalue weighted by Crippen LogP contribution is -2.24. The first-order valence-corrected chi connectivity index (χ1v) is 3.27. The average molecular weight is 114 g/mol. The van der Waals surface area contributed by atoms with Gasteiger partial charge in [0, 0.05) is 6.61 Å². The molecule has 0 saturated carbocycles. The SMILES string of the molecule is C[C@H]1CCOC1(C)C. The Labute approximate surface area is 51.0 Å². The van der Waals surface area contributed by atoms with Crippen molar-refractivity contribution in [2.45, 2.75) is 32.8 Å². The minimum atomic E-state index is 0.153. The highest BCUT2D eigenvalue weighted by Gasteiger charge is 2.31. The molecule has 1 nitrogen and oxygen atoms in total. The van der Waals surface area contributed by atoms with Crippen LogP contribution in [0.3, 0.4) is 0 Å². The summed E-state index contributed by atoms with van der Waals surface area (Å²) in [4.78, 5) is 0. The zero-order chi connectivity index (χ0) is 6.20. The van der Waals surface area contributed by atoms with Crippen LogP contribution in [0.5, 0.6) is 0 Å². The van der Waals surface area contributed by atoms with Gasteiger partial charge in [-0.2, -0.15) is 0 Å². The van der Waals surface area contributed by atoms with Crippen LogP contribution in [-0.2, 0) is 4.74 Å². The van der Waals surface area contributed by atoms with E-state index >= 15 is 0 Å². The maximum Gasteiger partial charge on any atom is 0.0652 e. The van der Waals surface area contributed by atoms with Gasteiger partial charge in [-0.3, -0.25) is 0 Å². The molecule has 1 aliphatic rings. The van der Waals surface area contributed by atoms with Crippen LogP contribution in [0.2, 0.25) is 0 Å². The summed E-state index contributed by atoms with van der Waals surface area (Å²) in [6.07, 6.45) is 1.23. The fourth-order valence-electron chi connectivity index (χ4n) is 0.989. The van der Waals surface area contributed by atoms with Gasteiger partial charge < -0.3 is 4.74 Å². The van der Waals surface area contributed by atoms with Gasteiger partial charge in [0.1, 0.15) is 0 Å². The Morgan fingerprint density at radius 2 is 2.12 bits per heavy atom. The van der Waals surface area contributed by atoms with Crippen LogP contribution in [-0.4, -0.2) is 12.2 Å². The Balaban J connectivity index is 2.54. The van der Waals surface area contributed by atoms with E-state index in [2.05, 4.69) is 20.8 Å². The summed E-state index contributed by atoms with van der Waals surface area (Å²) in [7, 11) is 0. The Bertz CT molecular complexity index is 86.4. The van der Waals surface area contributed by atoms with Crippen LogP contribution in [0, 0.1) is 5.92 Å². The van der Waals surface area contributed by atoms with Crippen LogP contribution in [0.15, 0.2) is 0 Å². The van der Waals surface area contributed by atoms with E-state index in [0.717, 1.165) is 12.5 Å². The average Bonchev–Trinajstić information content (AvgIpc) is 1.86. The molecule has 1 saturated heterocycles. The third kappa shape index (κ3) is 0.873. The van der Waals surface area contributed by atoms with E-state index in [1.54, 1.807) is 0 Å². The predicted molar refractivity (Wildman–Crippen MR) is 33.8 cm³/mol. The van der Waals surface area contributed by atoms with Gasteiger partial charge in [0.05, 0.1) is 5.60 Å². The van der Waals surface area contributed by atoms with Crippen molar-refractivity contribution in [3.63, 3.8) is 0 Å². The van der Waals surface area contributed by atoms with Crippen LogP contribution >= 0.6 is 0 Å². The second-order valence-electron chi connectivity index (χ2n) is 3.14. The zero-order valence-corrected chi connectivity index (χ0v) is 5.90. The van der Waals surface area contributed by atoms with Crippen molar-refractivity contribution in [1.82, 2.24) is 0 Å². The molecule has 0 bridgehead atoms. The van der Waals surface area contributed by atoms with E-state index in [1.807, 2.05) is 0 Å². The fourth-order valence-corrected chi connectivity index (χ4v) is 0.989. The molecule has 0 unspecified atom stereocenters. The van der Waals surface area contributed by atoms with E-state index in [-0.39, 0.29) is 5.60 Å². The van der Waals surface area contributed by atoms with Crippen LogP contribution in [0.4, 0.5) is 0 Å². The molecule has 8 heavy (non-hydrogen) atoms. The Morgan fingerprint density at radius 1 is 1.50 bits per heavy atom. The van der Waals surface area contributed by atoms with Gasteiger partial charge in [-0.05, 0) is 26.2 Å². The molecule has 0 aromatic heterocycles. The lowest BCUT2D eigenvalue weighted by atomic mass is 9.93. The highest BCUT2D eigenvalue weighted by molar-refractivity contribution is 4.80. The van der Waals surface area contributed by atoms with Crippen molar-refractivity contribution in [2.75, 3.05) is 6.61 Å². The second-order valence-corrected chi connectivity index (χ2v) is 3.14. The normalized spacial score (nSPS) is 35.6. The number of ether oxygens (including phenoxy) is 1. The molecule has 1 rings (SSSR count). The molecule has 1 heteroatoms. The van der Waals surface area contributed by atoms with Crippen molar-refractivity contribution >= 4 is 0 Å². The first kappa shape index (κ1) is 6.09. The first-order chi connectivity index (χ1) is 3.63. The summed E-state index contributed by atoms with van der Waals surface area (Å²) >= 11 is 0. The van der Waals surface area contributed by atoms with E-state index in [1.165, 1.54) is 6.42 Å². The highest BCUT2D eigenvalue weighted by atomic mass is 16.5. The summed E-state index contributed by atoms with van der Waals surface area (Å²) in [5.74, 6) is 0.738. The maximum absolute atomic E-state index is 5.45. The highest BCUT2D eigenvalue weighted by Crippen LogP contribution is 2.30. The summed E-state index contributed by atoms with van der Waals surface area (Å²) in [5, 5.41) is 0. The van der Waals surface area contributed by atoms with Crippen molar-refractivity contribution in [1.29, 1.82) is 0 Å². The van der Waals surface area contributed by atoms with Gasteiger partial charge in [-0.1, -0.05) is 6.92 Å². The van der Waals surface area contributed by atoms with E-state index in [9.17, 15) is 0 Å². The molecule has 0 aromatic rings. The second kappa shape index (κ2) is 1.73. The number of rotatable bonds is 0. The minimum absolute atomic E-state index is 0.153. The van der Waals surface area contributed by atoms with Crippen LogP contribution in [0.25, 0.3) is 0 Å². The molecule has 0 amide bonds. The Kier molecular flexibility index (Phi) is 1.31. The summed E-state index contributed by atoms with van der Waals surface area (Å²) in [6, 6.07) is 0. The summed E-state index contributed by atoms with van der Waals surface area (Å²) < 4.78 is 5.45. The molecule has 1 aliphatic heterocycles. The van der Waals surface area contributed by atoms with Gasteiger partial charge in [-0.15, -0.1) is 0 Å². The lowest BCUT2D eigenvalue weighted by Gasteiger charge is -2.21. The topological polar surface area (TPSA) is 9.23 Å². The number of hydrogen-bond donors (Lipinski definition) is 0. The maximum atomic E-state index is 5.45. The molecule has 1 heterocycles. The number of hydrogen-bond acceptors (Lipinski definition) is 1. The molecule has 1 fully saturated rings. The third-order valence-electron chi connectivity index (χ3n) is 2.21. The smallest absolute Gasteiger partial charge is 0.0652 e. The molecule has 0 N–H and O–H groups in total. The van der Waals surface area contributed by atoms with Crippen molar-refractivity contribution in [3.05, 3.63) is 0 Å². The molecule has 0 spiro atoms. The van der Waals surface area contributed by atoms with Gasteiger partial charge >= 0.3 is 0 Å². The molecule has 48 valence electrons. The Morgan fingerprint density at radius 3 is 2.25 bits per heavy atom. The van der Waals surface area contributed by atoms with Crippen molar-refractivity contribution < 1.29 is 4.74 Å². The molecule has 1 atom stereocenters. The molecule has 0 aromatic carbocycles. The van der Waals surface area contributed by atoms with E-state index < -0.39 is 0 Å². The first-order valence-electron chi connectivity index (χ1n) is 3.27. The Hall–Kier alpha value is -0.0400. The molecule has 0 aliphatic carbocycles. The zero-order valence-electron chi connectivity index (χ0n) is 5.90. The van der Waals surface area contributed by atoms with E-state index in [0.29, 0.717) is 0 Å². The van der Waals surface area contributed by atoms with Gasteiger partial charge in [0.25, 0.3) is 0 Å².